The Morgan fingerprint density at radius 1 is 1.22 bits per heavy atom. The molecule has 0 atom stereocenters. The Bertz CT molecular complexity index is 1010. The summed E-state index contributed by atoms with van der Waals surface area (Å²) in [4.78, 5) is 13.2. The fraction of sp³-hybridized carbons (Fsp3) is 0.267. The quantitative estimate of drug-likeness (QED) is 0.725. The van der Waals surface area contributed by atoms with Crippen LogP contribution in [0.1, 0.15) is 12.5 Å². The third-order valence-electron chi connectivity index (χ3n) is 3.59. The second-order valence-electron chi connectivity index (χ2n) is 5.25. The highest BCUT2D eigenvalue weighted by molar-refractivity contribution is 7.91. The molecule has 0 aliphatic heterocycles. The minimum atomic E-state index is -3.48. The molecule has 3 rings (SSSR count). The van der Waals surface area contributed by atoms with E-state index in [1.807, 2.05) is 13.0 Å². The molecule has 8 heteroatoms. The zero-order chi connectivity index (χ0) is 16.8. The average Bonchev–Trinajstić information content (AvgIpc) is 2.83. The molecule has 0 aliphatic rings. The fourth-order valence-corrected chi connectivity index (χ4v) is 3.65. The molecule has 23 heavy (non-hydrogen) atoms. The number of imidazole rings is 1. The smallest absolute Gasteiger partial charge is 0.180 e. The van der Waals surface area contributed by atoms with Gasteiger partial charge in [0, 0.05) is 19.4 Å². The number of hydrogen-bond donors (Lipinski definition) is 0. The Morgan fingerprint density at radius 3 is 2.65 bits per heavy atom. The van der Waals surface area contributed by atoms with E-state index in [9.17, 15) is 8.42 Å². The number of aryl methyl sites for hydroxylation is 2. The predicted octanol–water partition coefficient (Wildman–Crippen LogP) is 2.79. The van der Waals surface area contributed by atoms with E-state index in [2.05, 4.69) is 15.0 Å². The maximum atomic E-state index is 12.4. The van der Waals surface area contributed by atoms with Crippen LogP contribution >= 0.6 is 11.6 Å². The van der Waals surface area contributed by atoms with E-state index >= 15 is 0 Å². The molecule has 0 spiro atoms. The second kappa shape index (κ2) is 5.58. The summed E-state index contributed by atoms with van der Waals surface area (Å²) in [5.41, 5.74) is 2.63. The van der Waals surface area contributed by atoms with Crippen LogP contribution in [0, 0.1) is 6.92 Å². The zero-order valence-corrected chi connectivity index (χ0v) is 14.5. The molecule has 0 unspecified atom stereocenters. The highest BCUT2D eigenvalue weighted by atomic mass is 35.5. The molecule has 0 N–H and O–H groups in total. The maximum Gasteiger partial charge on any atom is 0.180 e. The highest BCUT2D eigenvalue weighted by Crippen LogP contribution is 2.29. The van der Waals surface area contributed by atoms with Gasteiger partial charge in [-0.05, 0) is 24.6 Å². The van der Waals surface area contributed by atoms with Gasteiger partial charge in [-0.25, -0.2) is 18.4 Å². The summed E-state index contributed by atoms with van der Waals surface area (Å²) in [5.74, 6) is 0.408. The van der Waals surface area contributed by atoms with Gasteiger partial charge in [0.15, 0.2) is 21.3 Å². The van der Waals surface area contributed by atoms with Crippen molar-refractivity contribution in [1.82, 2.24) is 19.5 Å². The Morgan fingerprint density at radius 2 is 1.96 bits per heavy atom. The van der Waals surface area contributed by atoms with Crippen molar-refractivity contribution in [3.05, 3.63) is 35.1 Å². The van der Waals surface area contributed by atoms with Gasteiger partial charge in [-0.3, -0.25) is 4.98 Å². The molecule has 0 amide bonds. The lowest BCUT2D eigenvalue weighted by molar-refractivity contribution is 0.597. The molecule has 0 saturated heterocycles. The fourth-order valence-electron chi connectivity index (χ4n) is 2.37. The van der Waals surface area contributed by atoms with Crippen molar-refractivity contribution in [2.45, 2.75) is 18.7 Å². The van der Waals surface area contributed by atoms with E-state index in [4.69, 9.17) is 11.6 Å². The van der Waals surface area contributed by atoms with Crippen molar-refractivity contribution in [2.75, 3.05) is 5.75 Å². The van der Waals surface area contributed by atoms with Gasteiger partial charge in [-0.1, -0.05) is 18.5 Å². The number of halogens is 1. The van der Waals surface area contributed by atoms with Gasteiger partial charge in [-0.2, -0.15) is 0 Å². The van der Waals surface area contributed by atoms with Crippen LogP contribution in [0.15, 0.2) is 29.4 Å². The van der Waals surface area contributed by atoms with Crippen molar-refractivity contribution < 1.29 is 8.42 Å². The van der Waals surface area contributed by atoms with Gasteiger partial charge in [0.2, 0.25) is 0 Å². The Labute approximate surface area is 139 Å². The maximum absolute atomic E-state index is 12.4. The normalized spacial score (nSPS) is 12.0. The van der Waals surface area contributed by atoms with Crippen LogP contribution in [0.2, 0.25) is 5.02 Å². The summed E-state index contributed by atoms with van der Waals surface area (Å²) in [6, 6.07) is 3.32. The van der Waals surface area contributed by atoms with E-state index in [1.165, 1.54) is 12.3 Å². The third-order valence-corrected chi connectivity index (χ3v) is 5.54. The van der Waals surface area contributed by atoms with Crippen molar-refractivity contribution in [3.63, 3.8) is 0 Å². The Kier molecular flexibility index (Phi) is 3.85. The van der Waals surface area contributed by atoms with Gasteiger partial charge in [0.25, 0.3) is 0 Å². The molecule has 3 aromatic heterocycles. The minimum absolute atomic E-state index is 0.0384. The van der Waals surface area contributed by atoms with E-state index in [0.29, 0.717) is 17.0 Å². The van der Waals surface area contributed by atoms with Crippen LogP contribution in [-0.4, -0.2) is 33.7 Å². The number of sulfone groups is 1. The summed E-state index contributed by atoms with van der Waals surface area (Å²) >= 11 is 5.94. The van der Waals surface area contributed by atoms with Crippen LogP contribution in [0.5, 0.6) is 0 Å². The van der Waals surface area contributed by atoms with Crippen LogP contribution in [0.25, 0.3) is 22.7 Å². The topological polar surface area (TPSA) is 77.7 Å². The molecule has 6 nitrogen and oxygen atoms in total. The highest BCUT2D eigenvalue weighted by Gasteiger charge is 2.23. The first kappa shape index (κ1) is 15.9. The summed E-state index contributed by atoms with van der Waals surface area (Å²) in [6.07, 6.45) is 3.16. The first-order valence-corrected chi connectivity index (χ1v) is 9.04. The van der Waals surface area contributed by atoms with Crippen molar-refractivity contribution in [1.29, 1.82) is 0 Å². The van der Waals surface area contributed by atoms with Gasteiger partial charge < -0.3 is 4.57 Å². The summed E-state index contributed by atoms with van der Waals surface area (Å²) in [7, 11) is -1.70. The van der Waals surface area contributed by atoms with Crippen LogP contribution in [0.3, 0.4) is 0 Å². The average molecular weight is 351 g/mol. The monoisotopic (exact) mass is 350 g/mol. The van der Waals surface area contributed by atoms with E-state index in [1.54, 1.807) is 24.7 Å². The lowest BCUT2D eigenvalue weighted by Gasteiger charge is -2.08. The minimum Gasteiger partial charge on any atom is -0.310 e. The number of aromatic nitrogens is 4. The van der Waals surface area contributed by atoms with Crippen molar-refractivity contribution in [3.8, 4) is 11.5 Å². The van der Waals surface area contributed by atoms with Gasteiger partial charge >= 0.3 is 0 Å². The number of nitrogens with zero attached hydrogens (tertiary/aromatic N) is 4. The number of rotatable bonds is 3. The number of pyridine rings is 2. The van der Waals surface area contributed by atoms with E-state index in [-0.39, 0.29) is 21.4 Å². The SMILES string of the molecule is CCS(=O)(=O)c1cc(Cl)cnc1-c1nc2cc(C)cnc2n1C. The summed E-state index contributed by atoms with van der Waals surface area (Å²) in [5, 5.41) is 0.272. The first-order chi connectivity index (χ1) is 10.8. The largest absolute Gasteiger partial charge is 0.310 e. The van der Waals surface area contributed by atoms with E-state index < -0.39 is 9.84 Å². The molecule has 120 valence electrons. The Balaban J connectivity index is 2.34. The van der Waals surface area contributed by atoms with Crippen LogP contribution < -0.4 is 0 Å². The molecule has 0 bridgehead atoms. The number of hydrogen-bond acceptors (Lipinski definition) is 5. The Hall–Kier alpha value is -1.99. The first-order valence-electron chi connectivity index (χ1n) is 7.01. The van der Waals surface area contributed by atoms with Crippen molar-refractivity contribution in [2.24, 2.45) is 7.05 Å². The lowest BCUT2D eigenvalue weighted by Crippen LogP contribution is -2.08. The molecular formula is C15H15ClN4O2S. The lowest BCUT2D eigenvalue weighted by atomic mass is 10.3. The van der Waals surface area contributed by atoms with Crippen LogP contribution in [0.4, 0.5) is 0 Å². The van der Waals surface area contributed by atoms with Crippen LogP contribution in [-0.2, 0) is 16.9 Å². The molecule has 3 aromatic rings. The second-order valence-corrected chi connectivity index (χ2v) is 7.94. The molecule has 0 saturated carbocycles. The van der Waals surface area contributed by atoms with E-state index in [0.717, 1.165) is 5.56 Å². The molecule has 0 aliphatic carbocycles. The zero-order valence-electron chi connectivity index (χ0n) is 12.9. The molecule has 0 radical (unpaired) electrons. The van der Waals surface area contributed by atoms with Crippen molar-refractivity contribution >= 4 is 32.6 Å². The molecule has 0 fully saturated rings. The summed E-state index contributed by atoms with van der Waals surface area (Å²) in [6.45, 7) is 3.51. The third kappa shape index (κ3) is 2.70. The van der Waals surface area contributed by atoms with Gasteiger partial charge in [0.1, 0.15) is 11.2 Å². The molecular weight excluding hydrogens is 336 g/mol. The molecule has 0 aromatic carbocycles. The predicted molar refractivity (Wildman–Crippen MR) is 89.2 cm³/mol. The van der Waals surface area contributed by atoms with Gasteiger partial charge in [0.05, 0.1) is 15.7 Å². The summed E-state index contributed by atoms with van der Waals surface area (Å²) < 4.78 is 26.5. The van der Waals surface area contributed by atoms with Gasteiger partial charge in [-0.15, -0.1) is 0 Å². The number of fused-ring (bicyclic) bond motifs is 1. The standard InChI is InChI=1S/C15H15ClN4O2S/c1-4-23(21,22)12-6-10(16)8-17-13(12)15-19-11-5-9(2)7-18-14(11)20(15)3/h5-8H,4H2,1-3H3. The molecule has 3 heterocycles.